The Balaban J connectivity index is -0.0000000748. The normalized spacial score (nSPS) is 13.2. The number of ketones is 2. The van der Waals surface area contributed by atoms with Crippen LogP contribution in [0.1, 0.15) is 413 Å². The van der Waals surface area contributed by atoms with Gasteiger partial charge in [0.2, 0.25) is 35.4 Å². The molecule has 2 unspecified atom stereocenters. The number of ether oxygens (including phenoxy) is 1. The molecule has 3 aromatic heterocycles. The molecule has 25 nitrogen and oxygen atoms in total. The second-order valence-electron chi connectivity index (χ2n) is 40.9. The molecule has 2 aliphatic rings. The van der Waals surface area contributed by atoms with Crippen LogP contribution in [0.5, 0.6) is 0 Å². The summed E-state index contributed by atoms with van der Waals surface area (Å²) in [5.41, 5.74) is 2.14. The van der Waals surface area contributed by atoms with Gasteiger partial charge in [0.25, 0.3) is 0 Å². The molecular weight excluding hydrogens is 1560 g/mol. The van der Waals surface area contributed by atoms with Crippen molar-refractivity contribution in [1.29, 1.82) is 0 Å². The third-order valence-electron chi connectivity index (χ3n) is 13.4. The standard InChI is InChI=1S/C18H30N2O5.C15H24N2O4.C8H13N3.C6H11N3.2C6H14.C5H12O2S.C5H10O.2C5H12.C4H10.C2H3N3.2C2H6.7CH4/c1-13-11-16(23)20(17(13)24)8-5-15(22)19-7-10-25-9-6-14(21)12-18(2,3)4;1-10-7-13(20)17(14(10)21)6-5-12(19)16-9-11(18)8-15(2,3)4;1-8(2,3)4-7-10-5-9-6-11-7;1-6(2,3)9-5-4-7-8-9;2*1-5-6(2,3)4;1-5(2,3)8(4,6)7;1-5(2,3)4-6;2*1-5(2,3)4;1-4(2)3;1-2-4-5-3-1;2*1-2;;;;;;;/h13H,5-12H2,1-4H3,(H,19,22);10H,5-9H2,1-4H3,(H,16,19);5-6H,4H2,1-3H3;4-5H,1-3H3;2*5H2,1-4H3;1-4H3;4H,1-3H3;2*1-4H3;4H,1-3H3;1-2H,(H,3,4,5);2*1-2H3;7*1H4. The number of rotatable bonds is 17. The molecule has 732 valence electrons. The Hall–Kier alpha value is -6.57. The molecule has 0 spiro atoms. The van der Waals surface area contributed by atoms with Crippen molar-refractivity contribution in [1.82, 2.24) is 65.8 Å². The molecule has 0 radical (unpaired) electrons. The quantitative estimate of drug-likeness (QED) is 0.0642. The fraction of sp³-hybridized carbons (Fsp3) is 0.833. The first-order valence-electron chi connectivity index (χ1n) is 41.3. The number of carbonyl (C=O) groups excluding carboxylic acids is 9. The molecule has 26 heteroatoms. The van der Waals surface area contributed by atoms with Gasteiger partial charge in [0.1, 0.15) is 30.5 Å². The van der Waals surface area contributed by atoms with Gasteiger partial charge in [-0.2, -0.15) is 15.4 Å². The van der Waals surface area contributed by atoms with E-state index in [1.54, 1.807) is 53.2 Å². The lowest BCUT2D eigenvalue weighted by Gasteiger charge is -2.17. The molecule has 6 amide bonds. The van der Waals surface area contributed by atoms with Crippen molar-refractivity contribution in [3.63, 3.8) is 0 Å². The Labute approximate surface area is 755 Å². The van der Waals surface area contributed by atoms with Gasteiger partial charge < -0.3 is 20.2 Å². The highest BCUT2D eigenvalue weighted by molar-refractivity contribution is 7.92. The van der Waals surface area contributed by atoms with Gasteiger partial charge in [-0.05, 0) is 85.4 Å². The maximum atomic E-state index is 11.7. The smallest absolute Gasteiger partial charge is 0.232 e. The number of aldehydes is 1. The lowest BCUT2D eigenvalue weighted by molar-refractivity contribution is -0.141. The molecule has 3 N–H and O–H groups in total. The molecule has 0 bridgehead atoms. The summed E-state index contributed by atoms with van der Waals surface area (Å²) >= 11 is 0. The number of imide groups is 2. The Morgan fingerprint density at radius 3 is 1.06 bits per heavy atom. The average Bonchev–Trinajstić information content (AvgIpc) is 1.78. The number of amides is 6. The van der Waals surface area contributed by atoms with Gasteiger partial charge in [-0.1, -0.05) is 326 Å². The molecule has 3 aromatic rings. The van der Waals surface area contributed by atoms with E-state index < -0.39 is 14.6 Å². The highest BCUT2D eigenvalue weighted by atomic mass is 32.2. The highest BCUT2D eigenvalue weighted by Gasteiger charge is 2.36. The lowest BCUT2D eigenvalue weighted by Crippen LogP contribution is -2.36. The van der Waals surface area contributed by atoms with E-state index in [9.17, 15) is 51.6 Å². The molecule has 0 saturated carbocycles. The first-order chi connectivity index (χ1) is 51.5. The summed E-state index contributed by atoms with van der Waals surface area (Å²) in [5.74, 6) is -0.171. The SMILES string of the molecule is C.C.C.C.C.C.C.CC.CC.CC(C)(C)C.CC(C)(C)C.CC(C)(C)C=O.CC(C)(C)Cc1ncncn1.CC(C)(C)S(C)(=O)=O.CC(C)(C)n1ccnn1.CC(C)C.CC1CC(=O)N(CCC(=O)NCC(=O)CC(C)(C)C)C1=O.CC1CC(=O)N(CCC(=O)NCCOCCC(=O)CC(C)(C)C)C1=O.CCC(C)(C)C.CCC(C)(C)C.c1cn[nH]n1. The molecule has 5 heterocycles. The van der Waals surface area contributed by atoms with Crippen LogP contribution < -0.4 is 10.6 Å². The maximum absolute atomic E-state index is 11.7. The second kappa shape index (κ2) is 76.8. The van der Waals surface area contributed by atoms with E-state index in [1.807, 2.05) is 101 Å². The molecule has 2 aliphatic heterocycles. The average molecular weight is 1770 g/mol. The van der Waals surface area contributed by atoms with Gasteiger partial charge >= 0.3 is 0 Å². The van der Waals surface area contributed by atoms with Crippen LogP contribution in [0.3, 0.4) is 0 Å². The summed E-state index contributed by atoms with van der Waals surface area (Å²) in [7, 11) is -2.84. The summed E-state index contributed by atoms with van der Waals surface area (Å²) in [5, 5.41) is 22.1. The first-order valence-corrected chi connectivity index (χ1v) is 43.2. The number of aromatic nitrogens is 9. The van der Waals surface area contributed by atoms with Gasteiger partial charge in [0.05, 0.1) is 48.6 Å². The molecule has 0 aliphatic carbocycles. The van der Waals surface area contributed by atoms with Crippen molar-refractivity contribution in [2.24, 2.45) is 61.1 Å². The molecular formula is C96H205N13O12S. The number of Topliss-reactive ketones (excluding diaryl/α,β-unsaturated/α-hetero) is 2. The molecule has 2 saturated heterocycles. The Morgan fingerprint density at radius 1 is 0.525 bits per heavy atom. The summed E-state index contributed by atoms with van der Waals surface area (Å²) in [6, 6.07) is 0. The first kappa shape index (κ1) is 153. The van der Waals surface area contributed by atoms with Crippen LogP contribution in [-0.4, -0.2) is 167 Å². The monoisotopic (exact) mass is 1760 g/mol. The predicted molar refractivity (Wildman–Crippen MR) is 524 cm³/mol. The van der Waals surface area contributed by atoms with Crippen molar-refractivity contribution in [3.05, 3.63) is 43.3 Å². The molecule has 5 rings (SSSR count). The van der Waals surface area contributed by atoms with Crippen molar-refractivity contribution in [2.75, 3.05) is 45.6 Å². The zero-order valence-corrected chi connectivity index (χ0v) is 82.7. The van der Waals surface area contributed by atoms with Crippen molar-refractivity contribution >= 4 is 63.1 Å². The topological polar surface area (TPSA) is 338 Å². The van der Waals surface area contributed by atoms with Gasteiger partial charge in [-0.25, -0.2) is 28.1 Å². The summed E-state index contributed by atoms with van der Waals surface area (Å²) in [4.78, 5) is 117. The summed E-state index contributed by atoms with van der Waals surface area (Å²) < 4.78 is 27.9. The van der Waals surface area contributed by atoms with Crippen LogP contribution in [0, 0.1) is 61.1 Å². The second-order valence-corrected chi connectivity index (χ2v) is 43.7. The molecule has 2 fully saturated rings. The predicted octanol–water partition coefficient (Wildman–Crippen LogP) is 23.7. The van der Waals surface area contributed by atoms with Gasteiger partial charge in [-0.15, -0.1) is 5.10 Å². The number of likely N-dealkylation sites (tertiary alicyclic amines) is 2. The Kier molecular flexibility index (Phi) is 96.3. The van der Waals surface area contributed by atoms with Gasteiger partial charge in [0, 0.05) is 101 Å². The third-order valence-corrected chi connectivity index (χ3v) is 15.6. The lowest BCUT2D eigenvalue weighted by atomic mass is 9.89. The van der Waals surface area contributed by atoms with E-state index in [2.05, 4.69) is 224 Å². The van der Waals surface area contributed by atoms with E-state index in [0.29, 0.717) is 60.7 Å². The molecule has 0 aromatic carbocycles. The van der Waals surface area contributed by atoms with Gasteiger partial charge in [0.15, 0.2) is 15.6 Å². The molecule has 2 atom stereocenters. The summed E-state index contributed by atoms with van der Waals surface area (Å²) in [6.45, 7) is 89.8. The van der Waals surface area contributed by atoms with Crippen LogP contribution in [0.4, 0.5) is 0 Å². The fourth-order valence-corrected chi connectivity index (χ4v) is 6.41. The molecule has 122 heavy (non-hydrogen) atoms. The van der Waals surface area contributed by atoms with E-state index in [-0.39, 0.29) is 183 Å². The number of carbonyl (C=O) groups is 9. The number of hydrogen-bond donors (Lipinski definition) is 3. The Bertz CT molecular complexity index is 3030. The highest BCUT2D eigenvalue weighted by Crippen LogP contribution is 2.23. The minimum atomic E-state index is -2.84. The minimum absolute atomic E-state index is 0. The van der Waals surface area contributed by atoms with Crippen LogP contribution in [-0.2, 0) is 69.7 Å². The number of hydrogen-bond acceptors (Lipinski definition) is 19. The number of nitrogens with zero attached hydrogens (tertiary/aromatic N) is 10. The van der Waals surface area contributed by atoms with E-state index in [4.69, 9.17) is 4.74 Å². The van der Waals surface area contributed by atoms with E-state index >= 15 is 0 Å². The zero-order valence-electron chi connectivity index (χ0n) is 81.9. The fourth-order valence-electron chi connectivity index (χ4n) is 6.41. The Morgan fingerprint density at radius 2 is 0.836 bits per heavy atom. The number of H-pyrrole nitrogens is 1. The van der Waals surface area contributed by atoms with E-state index in [1.165, 1.54) is 31.8 Å². The number of aromatic amines is 1. The number of sulfone groups is 1. The summed E-state index contributed by atoms with van der Waals surface area (Å²) in [6.07, 6.45) is 17.3. The van der Waals surface area contributed by atoms with Gasteiger partial charge in [-0.3, -0.25) is 48.2 Å². The van der Waals surface area contributed by atoms with Crippen LogP contribution in [0.2, 0.25) is 0 Å². The third kappa shape index (κ3) is 122. The number of nitrogens with one attached hydrogen (secondary N) is 3. The maximum Gasteiger partial charge on any atom is 0.232 e. The van der Waals surface area contributed by atoms with Crippen molar-refractivity contribution < 1.29 is 56.3 Å². The van der Waals surface area contributed by atoms with Crippen molar-refractivity contribution in [3.8, 4) is 0 Å². The largest absolute Gasteiger partial charge is 0.379 e. The zero-order chi connectivity index (χ0) is 93.2. The van der Waals surface area contributed by atoms with Crippen LogP contribution >= 0.6 is 0 Å². The van der Waals surface area contributed by atoms with Crippen LogP contribution in [0.25, 0.3) is 0 Å². The minimum Gasteiger partial charge on any atom is -0.379 e. The van der Waals surface area contributed by atoms with Crippen LogP contribution in [0.15, 0.2) is 37.4 Å². The van der Waals surface area contributed by atoms with E-state index in [0.717, 1.165) is 34.2 Å². The van der Waals surface area contributed by atoms with Crippen molar-refractivity contribution in [2.45, 2.75) is 424 Å².